The number of piperazine rings is 1. The Morgan fingerprint density at radius 1 is 1.05 bits per heavy atom. The van der Waals surface area contributed by atoms with Gasteiger partial charge in [0, 0.05) is 69.6 Å². The molecule has 1 saturated carbocycles. The molecule has 3 unspecified atom stereocenters. The Kier molecular flexibility index (Phi) is 10.2. The molecule has 1 aromatic carbocycles. The average Bonchev–Trinajstić information content (AvgIpc) is 3.04. The topological polar surface area (TPSA) is 115 Å². The summed E-state index contributed by atoms with van der Waals surface area (Å²) in [6, 6.07) is 1.53. The van der Waals surface area contributed by atoms with E-state index in [1.807, 2.05) is 6.92 Å². The van der Waals surface area contributed by atoms with Crippen LogP contribution in [0.3, 0.4) is 0 Å². The van der Waals surface area contributed by atoms with Gasteiger partial charge >= 0.3 is 6.03 Å². The van der Waals surface area contributed by atoms with Crippen LogP contribution in [0.15, 0.2) is 12.3 Å². The van der Waals surface area contributed by atoms with Crippen LogP contribution in [0.1, 0.15) is 45.1 Å². The van der Waals surface area contributed by atoms with E-state index in [0.717, 1.165) is 57.5 Å². The van der Waals surface area contributed by atoms with Crippen molar-refractivity contribution in [3.05, 3.63) is 27.9 Å². The van der Waals surface area contributed by atoms with Crippen LogP contribution in [0, 0.1) is 0 Å². The van der Waals surface area contributed by atoms with Crippen LogP contribution in [0.4, 0.5) is 22.2 Å². The lowest BCUT2D eigenvalue weighted by atomic mass is 9.85. The quantitative estimate of drug-likeness (QED) is 0.412. The molecule has 2 N–H and O–H groups in total. The van der Waals surface area contributed by atoms with Gasteiger partial charge in [0.05, 0.1) is 32.5 Å². The standard InChI is InChI=1S/C30H42Cl2N8O4/c1-6-24(41)34-21-14-19(39-12-10-38(7-2)11-13-39)8-9-20(21)35-29-33-16-18-17-40(30(42)37(3)28(18)36-29)27-25(31)22(43-4)15-23(44-5)26(27)32/h15-16,19-21H,6-14,17H2,1-5H3,(H,34,41)(H,33,35,36). The van der Waals surface area contributed by atoms with E-state index in [9.17, 15) is 9.59 Å². The molecule has 1 saturated heterocycles. The number of nitrogens with one attached hydrogen (secondary N) is 2. The van der Waals surface area contributed by atoms with Crippen molar-refractivity contribution in [1.29, 1.82) is 0 Å². The van der Waals surface area contributed by atoms with Gasteiger partial charge in [-0.25, -0.2) is 9.78 Å². The van der Waals surface area contributed by atoms with E-state index in [1.165, 1.54) is 24.0 Å². The summed E-state index contributed by atoms with van der Waals surface area (Å²) in [4.78, 5) is 43.5. The van der Waals surface area contributed by atoms with E-state index in [4.69, 9.17) is 37.7 Å². The van der Waals surface area contributed by atoms with Crippen LogP contribution in [-0.2, 0) is 11.3 Å². The van der Waals surface area contributed by atoms with Crippen molar-refractivity contribution in [2.45, 2.75) is 64.2 Å². The molecule has 0 bridgehead atoms. The third-order valence-corrected chi connectivity index (χ3v) is 9.73. The second-order valence-corrected chi connectivity index (χ2v) is 12.2. The fourth-order valence-electron chi connectivity index (χ4n) is 6.39. The Bertz CT molecular complexity index is 1340. The molecule has 3 atom stereocenters. The number of aromatic nitrogens is 2. The number of nitrogens with zero attached hydrogens (tertiary/aromatic N) is 6. The SMILES string of the molecule is CCC(=O)NC1CC(N2CCN(CC)CC2)CCC1Nc1ncc2c(n1)N(C)C(=O)N(c1c(Cl)c(OC)cc(OC)c1Cl)C2. The number of amides is 3. The molecule has 0 radical (unpaired) electrons. The maximum absolute atomic E-state index is 13.6. The first-order valence-corrected chi connectivity index (χ1v) is 16.0. The van der Waals surface area contributed by atoms with Crippen molar-refractivity contribution in [2.24, 2.45) is 0 Å². The van der Waals surface area contributed by atoms with Gasteiger partial charge in [0.25, 0.3) is 0 Å². The van der Waals surface area contributed by atoms with Gasteiger partial charge in [-0.15, -0.1) is 0 Å². The zero-order valence-corrected chi connectivity index (χ0v) is 27.5. The lowest BCUT2D eigenvalue weighted by Crippen LogP contribution is -2.57. The maximum atomic E-state index is 13.6. The molecule has 12 nitrogen and oxygen atoms in total. The molecule has 2 aliphatic heterocycles. The van der Waals surface area contributed by atoms with E-state index in [1.54, 1.807) is 19.3 Å². The number of hydrogen-bond donors (Lipinski definition) is 2. The number of urea groups is 1. The minimum atomic E-state index is -0.363. The van der Waals surface area contributed by atoms with Crippen LogP contribution in [0.25, 0.3) is 0 Å². The number of likely N-dealkylation sites (N-methyl/N-ethyl adjacent to an activating group) is 1. The number of carbonyl (C=O) groups excluding carboxylic acids is 2. The zero-order chi connectivity index (χ0) is 31.5. The fourth-order valence-corrected chi connectivity index (χ4v) is 7.10. The molecule has 2 aromatic rings. The lowest BCUT2D eigenvalue weighted by Gasteiger charge is -2.44. The summed E-state index contributed by atoms with van der Waals surface area (Å²) < 4.78 is 10.8. The molecule has 44 heavy (non-hydrogen) atoms. The summed E-state index contributed by atoms with van der Waals surface area (Å²) >= 11 is 13.3. The third kappa shape index (κ3) is 6.49. The van der Waals surface area contributed by atoms with Crippen molar-refractivity contribution in [3.63, 3.8) is 0 Å². The van der Waals surface area contributed by atoms with Gasteiger partial charge in [-0.2, -0.15) is 4.98 Å². The van der Waals surface area contributed by atoms with Gasteiger partial charge in [-0.1, -0.05) is 37.0 Å². The number of halogens is 2. The van der Waals surface area contributed by atoms with Crippen LogP contribution < -0.4 is 29.9 Å². The molecule has 14 heteroatoms. The number of rotatable bonds is 9. The smallest absolute Gasteiger partial charge is 0.330 e. The van der Waals surface area contributed by atoms with Gasteiger partial charge in [-0.3, -0.25) is 19.5 Å². The summed E-state index contributed by atoms with van der Waals surface area (Å²) in [6.45, 7) is 9.57. The highest BCUT2D eigenvalue weighted by molar-refractivity contribution is 6.42. The van der Waals surface area contributed by atoms with Crippen molar-refractivity contribution in [2.75, 3.05) is 69.1 Å². The molecule has 0 spiro atoms. The summed E-state index contributed by atoms with van der Waals surface area (Å²) in [6.07, 6.45) is 4.88. The Labute approximate surface area is 269 Å². The molecule has 1 aromatic heterocycles. The number of methoxy groups -OCH3 is 2. The van der Waals surface area contributed by atoms with E-state index in [-0.39, 0.29) is 46.3 Å². The van der Waals surface area contributed by atoms with Crippen molar-refractivity contribution in [1.82, 2.24) is 25.1 Å². The minimum absolute atomic E-state index is 0.0292. The van der Waals surface area contributed by atoms with Crippen LogP contribution in [0.5, 0.6) is 11.5 Å². The van der Waals surface area contributed by atoms with Crippen LogP contribution >= 0.6 is 23.2 Å². The lowest BCUT2D eigenvalue weighted by molar-refractivity contribution is -0.121. The van der Waals surface area contributed by atoms with Gasteiger partial charge in [-0.05, 0) is 25.8 Å². The molecule has 2 fully saturated rings. The fraction of sp³-hybridized carbons (Fsp3) is 0.600. The highest BCUT2D eigenvalue weighted by Gasteiger charge is 2.37. The molecule has 3 aliphatic rings. The van der Waals surface area contributed by atoms with Crippen molar-refractivity contribution in [3.8, 4) is 11.5 Å². The first-order valence-electron chi connectivity index (χ1n) is 15.2. The highest BCUT2D eigenvalue weighted by atomic mass is 35.5. The first-order chi connectivity index (χ1) is 21.2. The van der Waals surface area contributed by atoms with Gasteiger partial charge in [0.1, 0.15) is 27.4 Å². The van der Waals surface area contributed by atoms with E-state index in [2.05, 4.69) is 32.3 Å². The second kappa shape index (κ2) is 13.9. The van der Waals surface area contributed by atoms with E-state index in [0.29, 0.717) is 35.7 Å². The maximum Gasteiger partial charge on any atom is 0.330 e. The van der Waals surface area contributed by atoms with Crippen molar-refractivity contribution < 1.29 is 19.1 Å². The number of anilines is 3. The summed E-state index contributed by atoms with van der Waals surface area (Å²) in [5, 5.41) is 7.13. The Hall–Kier alpha value is -3.06. The molecule has 3 amide bonds. The Morgan fingerprint density at radius 2 is 1.73 bits per heavy atom. The zero-order valence-electron chi connectivity index (χ0n) is 26.0. The van der Waals surface area contributed by atoms with Crippen molar-refractivity contribution >= 4 is 52.6 Å². The predicted octanol–water partition coefficient (Wildman–Crippen LogP) is 4.24. The monoisotopic (exact) mass is 648 g/mol. The van der Waals surface area contributed by atoms with Crippen LogP contribution in [0.2, 0.25) is 10.0 Å². The molecule has 1 aliphatic carbocycles. The number of hydrogen-bond acceptors (Lipinski definition) is 9. The number of ether oxygens (including phenoxy) is 2. The average molecular weight is 650 g/mol. The number of benzene rings is 1. The molecular formula is C30H42Cl2N8O4. The Balaban J connectivity index is 1.34. The largest absolute Gasteiger partial charge is 0.495 e. The summed E-state index contributed by atoms with van der Waals surface area (Å²) in [5.41, 5.74) is 1.01. The van der Waals surface area contributed by atoms with Crippen LogP contribution in [-0.4, -0.2) is 104 Å². The van der Waals surface area contributed by atoms with E-state index >= 15 is 0 Å². The number of fused-ring (bicyclic) bond motifs is 1. The van der Waals surface area contributed by atoms with E-state index < -0.39 is 0 Å². The van der Waals surface area contributed by atoms with Gasteiger partial charge in [0.15, 0.2) is 0 Å². The van der Waals surface area contributed by atoms with Gasteiger partial charge in [0.2, 0.25) is 11.9 Å². The molecule has 240 valence electrons. The molecular weight excluding hydrogens is 607 g/mol. The molecule has 3 heterocycles. The summed E-state index contributed by atoms with van der Waals surface area (Å²) in [5.74, 6) is 1.60. The third-order valence-electron chi connectivity index (χ3n) is 9.00. The number of carbonyl (C=O) groups is 2. The first kappa shape index (κ1) is 32.3. The summed E-state index contributed by atoms with van der Waals surface area (Å²) in [7, 11) is 4.62. The Morgan fingerprint density at radius 3 is 2.34 bits per heavy atom. The minimum Gasteiger partial charge on any atom is -0.495 e. The highest BCUT2D eigenvalue weighted by Crippen LogP contribution is 2.47. The predicted molar refractivity (Wildman–Crippen MR) is 173 cm³/mol. The normalized spacial score (nSPS) is 22.9. The molecule has 5 rings (SSSR count). The second-order valence-electron chi connectivity index (χ2n) is 11.4. The van der Waals surface area contributed by atoms with Gasteiger partial charge < -0.3 is 25.0 Å².